The fourth-order valence-corrected chi connectivity index (χ4v) is 5.64. The van der Waals surface area contributed by atoms with Gasteiger partial charge in [-0.1, -0.05) is 102 Å². The molecule has 0 radical (unpaired) electrons. The van der Waals surface area contributed by atoms with Gasteiger partial charge in [0, 0.05) is 19.0 Å². The highest BCUT2D eigenvalue weighted by molar-refractivity contribution is 6.32. The van der Waals surface area contributed by atoms with Crippen molar-refractivity contribution < 1.29 is 33.1 Å². The molecule has 5 rings (SSSR count). The second-order valence-electron chi connectivity index (χ2n) is 11.8. The van der Waals surface area contributed by atoms with Gasteiger partial charge in [0.25, 0.3) is 5.91 Å². The summed E-state index contributed by atoms with van der Waals surface area (Å²) in [5, 5.41) is 7.41. The van der Waals surface area contributed by atoms with Crippen LogP contribution >= 0.6 is 11.6 Å². The summed E-state index contributed by atoms with van der Waals surface area (Å²) in [6, 6.07) is 30.5. The predicted octanol–water partition coefficient (Wildman–Crippen LogP) is 9.46. The molecular weight excluding hydrogens is 668 g/mol. The number of esters is 1. The number of amides is 1. The second kappa shape index (κ2) is 19.2. The fourth-order valence-electron chi connectivity index (χ4n) is 5.42. The van der Waals surface area contributed by atoms with E-state index in [1.165, 1.54) is 0 Å². The number of unbranched alkanes of at least 4 members (excludes halogenated alkanes) is 3. The lowest BCUT2D eigenvalue weighted by Gasteiger charge is -2.16. The summed E-state index contributed by atoms with van der Waals surface area (Å²) in [7, 11) is 0. The highest BCUT2D eigenvalue weighted by atomic mass is 35.5. The van der Waals surface area contributed by atoms with E-state index in [9.17, 15) is 9.59 Å². The minimum atomic E-state index is -0.369. The van der Waals surface area contributed by atoms with Crippen molar-refractivity contribution in [1.29, 1.82) is 0 Å². The van der Waals surface area contributed by atoms with Crippen molar-refractivity contribution in [3.63, 3.8) is 0 Å². The van der Waals surface area contributed by atoms with Crippen molar-refractivity contribution in [3.8, 4) is 39.7 Å². The van der Waals surface area contributed by atoms with Crippen LogP contribution in [-0.2, 0) is 22.7 Å². The van der Waals surface area contributed by atoms with Crippen LogP contribution in [0, 0.1) is 0 Å². The molecule has 5 aromatic rings. The van der Waals surface area contributed by atoms with Gasteiger partial charge in [-0.05, 0) is 61.6 Å². The van der Waals surface area contributed by atoms with Crippen LogP contribution < -0.4 is 19.5 Å². The first-order valence-corrected chi connectivity index (χ1v) is 17.7. The number of halogens is 1. The van der Waals surface area contributed by atoms with E-state index in [4.69, 9.17) is 35.1 Å². The Bertz CT molecular complexity index is 1840. The van der Waals surface area contributed by atoms with Crippen molar-refractivity contribution in [2.24, 2.45) is 0 Å². The molecule has 1 aromatic heterocycles. The zero-order valence-corrected chi connectivity index (χ0v) is 29.7. The molecule has 0 unspecified atom stereocenters. The normalized spacial score (nSPS) is 10.8. The highest BCUT2D eigenvalue weighted by Crippen LogP contribution is 2.44. The molecular formula is C41H43ClN2O7. The van der Waals surface area contributed by atoms with Gasteiger partial charge < -0.3 is 28.8 Å². The number of rotatable bonds is 19. The SMILES string of the molecule is CCNC(=O)c1noc(-c2cc(Cl)c(OCc3ccccc3)cc2OCc2ccccc2)c1-c1ccc(OCCCCCCC(=O)OCC)cc1. The lowest BCUT2D eigenvalue weighted by Crippen LogP contribution is -2.23. The maximum atomic E-state index is 13.2. The molecule has 4 aromatic carbocycles. The van der Waals surface area contributed by atoms with Crippen molar-refractivity contribution in [1.82, 2.24) is 10.5 Å². The van der Waals surface area contributed by atoms with Crippen LogP contribution in [0.4, 0.5) is 0 Å². The number of benzene rings is 4. The number of aromatic nitrogens is 1. The molecule has 0 aliphatic rings. The number of nitrogens with one attached hydrogen (secondary N) is 1. The van der Waals surface area contributed by atoms with Crippen molar-refractivity contribution >= 4 is 23.5 Å². The molecule has 0 atom stereocenters. The zero-order valence-electron chi connectivity index (χ0n) is 29.0. The van der Waals surface area contributed by atoms with Crippen molar-refractivity contribution in [3.05, 3.63) is 119 Å². The minimum absolute atomic E-state index is 0.137. The summed E-state index contributed by atoms with van der Waals surface area (Å²) in [5.74, 6) is 1.40. The Kier molecular flexibility index (Phi) is 13.9. The Morgan fingerprint density at radius 3 is 2.06 bits per heavy atom. The molecule has 0 aliphatic heterocycles. The number of carbonyl (C=O) groups excluding carboxylic acids is 2. The van der Waals surface area contributed by atoms with Crippen LogP contribution in [0.1, 0.15) is 67.6 Å². The lowest BCUT2D eigenvalue weighted by atomic mass is 9.98. The van der Waals surface area contributed by atoms with Gasteiger partial charge in [0.1, 0.15) is 30.5 Å². The van der Waals surface area contributed by atoms with E-state index in [-0.39, 0.29) is 24.2 Å². The molecule has 1 amide bonds. The first-order chi connectivity index (χ1) is 25.0. The second-order valence-corrected chi connectivity index (χ2v) is 12.2. The molecule has 266 valence electrons. The van der Waals surface area contributed by atoms with Crippen LogP contribution in [-0.4, -0.2) is 36.8 Å². The minimum Gasteiger partial charge on any atom is -0.494 e. The maximum absolute atomic E-state index is 13.2. The van der Waals surface area contributed by atoms with E-state index in [0.29, 0.717) is 77.5 Å². The third-order valence-corrected chi connectivity index (χ3v) is 8.29. The van der Waals surface area contributed by atoms with Crippen molar-refractivity contribution in [2.75, 3.05) is 19.8 Å². The zero-order chi connectivity index (χ0) is 35.8. The first kappa shape index (κ1) is 37.0. The summed E-state index contributed by atoms with van der Waals surface area (Å²) in [6.07, 6.45) is 3.99. The summed E-state index contributed by atoms with van der Waals surface area (Å²) in [5.41, 5.74) is 3.81. The Morgan fingerprint density at radius 2 is 1.41 bits per heavy atom. The number of hydrogen-bond donors (Lipinski definition) is 1. The van der Waals surface area contributed by atoms with Gasteiger partial charge >= 0.3 is 5.97 Å². The average Bonchev–Trinajstić information content (AvgIpc) is 3.60. The lowest BCUT2D eigenvalue weighted by molar-refractivity contribution is -0.143. The van der Waals surface area contributed by atoms with Gasteiger partial charge in [-0.15, -0.1) is 0 Å². The largest absolute Gasteiger partial charge is 0.494 e. The molecule has 0 bridgehead atoms. The van der Waals surface area contributed by atoms with Crippen LogP contribution in [0.15, 0.2) is 102 Å². The van der Waals surface area contributed by atoms with Crippen LogP contribution in [0.5, 0.6) is 17.2 Å². The van der Waals surface area contributed by atoms with Gasteiger partial charge in [-0.2, -0.15) is 0 Å². The summed E-state index contributed by atoms with van der Waals surface area (Å²) >= 11 is 6.83. The number of hydrogen-bond acceptors (Lipinski definition) is 8. The molecule has 9 nitrogen and oxygen atoms in total. The van der Waals surface area contributed by atoms with E-state index < -0.39 is 0 Å². The van der Waals surface area contributed by atoms with Gasteiger partial charge in [0.15, 0.2) is 11.5 Å². The van der Waals surface area contributed by atoms with Crippen LogP contribution in [0.2, 0.25) is 5.02 Å². The molecule has 10 heteroatoms. The third kappa shape index (κ3) is 10.6. The quantitative estimate of drug-likeness (QED) is 0.0667. The Morgan fingerprint density at radius 1 is 0.765 bits per heavy atom. The van der Waals surface area contributed by atoms with E-state index in [1.54, 1.807) is 12.1 Å². The van der Waals surface area contributed by atoms with E-state index in [2.05, 4.69) is 10.5 Å². The summed E-state index contributed by atoms with van der Waals surface area (Å²) in [4.78, 5) is 24.8. The predicted molar refractivity (Wildman–Crippen MR) is 197 cm³/mol. The monoisotopic (exact) mass is 710 g/mol. The highest BCUT2D eigenvalue weighted by Gasteiger charge is 2.27. The average molecular weight is 711 g/mol. The number of carbonyl (C=O) groups is 2. The smallest absolute Gasteiger partial charge is 0.305 e. The summed E-state index contributed by atoms with van der Waals surface area (Å²) < 4.78 is 29.4. The summed E-state index contributed by atoms with van der Waals surface area (Å²) in [6.45, 7) is 5.62. The molecule has 0 saturated carbocycles. The van der Waals surface area contributed by atoms with Gasteiger partial charge in [-0.25, -0.2) is 0 Å². The topological polar surface area (TPSA) is 109 Å². The van der Waals surface area contributed by atoms with Crippen molar-refractivity contribution in [2.45, 2.75) is 59.2 Å². The molecule has 0 fully saturated rings. The molecule has 1 N–H and O–H groups in total. The van der Waals surface area contributed by atoms with E-state index >= 15 is 0 Å². The Labute approximate surface area is 303 Å². The first-order valence-electron chi connectivity index (χ1n) is 17.3. The van der Waals surface area contributed by atoms with E-state index in [0.717, 1.165) is 36.8 Å². The maximum Gasteiger partial charge on any atom is 0.305 e. The molecule has 0 spiro atoms. The Hall–Kier alpha value is -5.28. The van der Waals surface area contributed by atoms with E-state index in [1.807, 2.05) is 98.8 Å². The molecule has 1 heterocycles. The molecule has 0 saturated heterocycles. The number of nitrogens with zero attached hydrogens (tertiary/aromatic N) is 1. The Balaban J connectivity index is 1.39. The third-order valence-electron chi connectivity index (χ3n) is 7.99. The molecule has 51 heavy (non-hydrogen) atoms. The van der Waals surface area contributed by atoms with Crippen LogP contribution in [0.3, 0.4) is 0 Å². The van der Waals surface area contributed by atoms with Gasteiger partial charge in [0.2, 0.25) is 0 Å². The van der Waals surface area contributed by atoms with Crippen LogP contribution in [0.25, 0.3) is 22.5 Å². The fraction of sp³-hybridized carbons (Fsp3) is 0.293. The number of ether oxygens (including phenoxy) is 4. The van der Waals surface area contributed by atoms with Gasteiger partial charge in [-0.3, -0.25) is 9.59 Å². The standard InChI is InChI=1S/C41H43ClN2O7/c1-3-43-41(46)39-38(31-20-22-32(23-21-31)48-24-14-6-5-13-19-37(45)47-4-2)40(51-44-39)33-25-34(42)36(50-28-30-17-11-8-12-18-30)26-35(33)49-27-29-15-9-7-10-16-29/h7-12,15-18,20-23,25-26H,3-6,13-14,19,24,27-28H2,1-2H3,(H,43,46). The van der Waals surface area contributed by atoms with Gasteiger partial charge in [0.05, 0.1) is 29.4 Å². The molecule has 0 aliphatic carbocycles.